The molecule has 3 aliphatic heterocycles. The number of halogens is 1. The summed E-state index contributed by atoms with van der Waals surface area (Å²) in [6, 6.07) is 21.4. The van der Waals surface area contributed by atoms with Crippen molar-refractivity contribution >= 4 is 44.8 Å². The molecule has 0 saturated carbocycles. The Morgan fingerprint density at radius 3 is 2.30 bits per heavy atom. The summed E-state index contributed by atoms with van der Waals surface area (Å²) in [4.78, 5) is 28.6. The monoisotopic (exact) mass is 503 g/mol. The van der Waals surface area contributed by atoms with Gasteiger partial charge in [-0.2, -0.15) is 5.10 Å². The molecule has 6 rings (SSSR count). The minimum atomic E-state index is -0.758. The van der Waals surface area contributed by atoms with E-state index < -0.39 is 12.0 Å². The second kappa shape index (κ2) is 7.74. The number of para-hydroxylation sites is 1. The molecule has 1 fully saturated rings. The van der Waals surface area contributed by atoms with Crippen molar-refractivity contribution in [1.29, 1.82) is 0 Å². The van der Waals surface area contributed by atoms with Crippen LogP contribution in [0.25, 0.3) is 0 Å². The third-order valence-corrected chi connectivity index (χ3v) is 6.52. The van der Waals surface area contributed by atoms with Crippen LogP contribution in [0.15, 0.2) is 82.4 Å². The molecule has 0 spiro atoms. The Balaban J connectivity index is 1.44. The number of benzene rings is 3. The van der Waals surface area contributed by atoms with Gasteiger partial charge in [-0.1, -0.05) is 46.3 Å². The smallest absolute Gasteiger partial charge is 0.259 e. The van der Waals surface area contributed by atoms with E-state index in [1.807, 2.05) is 54.6 Å². The Morgan fingerprint density at radius 2 is 1.55 bits per heavy atom. The van der Waals surface area contributed by atoms with E-state index in [9.17, 15) is 9.59 Å². The largest absolute Gasteiger partial charge is 0.486 e. The first kappa shape index (κ1) is 20.0. The van der Waals surface area contributed by atoms with Gasteiger partial charge in [-0.25, -0.2) is 4.90 Å². The van der Waals surface area contributed by atoms with Gasteiger partial charge in [-0.15, -0.1) is 0 Å². The van der Waals surface area contributed by atoms with Crippen molar-refractivity contribution < 1.29 is 19.1 Å². The Morgan fingerprint density at radius 1 is 0.818 bits per heavy atom. The lowest BCUT2D eigenvalue weighted by atomic mass is 9.93. The molecule has 3 heterocycles. The molecule has 0 aliphatic carbocycles. The number of hydrogen-bond donors (Lipinski definition) is 0. The zero-order valence-electron chi connectivity index (χ0n) is 17.3. The topological polar surface area (TPSA) is 71.4 Å². The molecule has 0 bridgehead atoms. The first-order valence-corrected chi connectivity index (χ1v) is 11.4. The van der Waals surface area contributed by atoms with Gasteiger partial charge < -0.3 is 9.47 Å². The number of carbonyl (C=O) groups excluding carboxylic acids is 2. The van der Waals surface area contributed by atoms with E-state index in [2.05, 4.69) is 15.9 Å². The van der Waals surface area contributed by atoms with Gasteiger partial charge in [0.05, 0.1) is 17.1 Å². The summed E-state index contributed by atoms with van der Waals surface area (Å²) in [6.45, 7) is 0.892. The van der Waals surface area contributed by atoms with Crippen molar-refractivity contribution in [3.05, 3.63) is 82.8 Å². The van der Waals surface area contributed by atoms with Gasteiger partial charge in [-0.3, -0.25) is 14.6 Å². The Bertz CT molecular complexity index is 1290. The second-order valence-electron chi connectivity index (χ2n) is 7.93. The number of fused-ring (bicyclic) bond motifs is 2. The van der Waals surface area contributed by atoms with Crippen molar-refractivity contribution in [2.75, 3.05) is 23.1 Å². The molecule has 3 aromatic rings. The number of anilines is 2. The van der Waals surface area contributed by atoms with Gasteiger partial charge in [0.25, 0.3) is 5.91 Å². The minimum Gasteiger partial charge on any atom is -0.486 e. The highest BCUT2D eigenvalue weighted by molar-refractivity contribution is 9.10. The standard InChI is InChI=1S/C25H18BrN3O4/c26-16-8-6-15(7-9-16)22-21-23(29(27-22)17-4-2-1-3-5-17)25(31)28(24(21)30)18-10-11-19-20(14-18)33-13-12-32-19/h1-11,14,21,23H,12-13H2/t21-,23-/m1/s1. The van der Waals surface area contributed by atoms with Gasteiger partial charge in [-0.05, 0) is 42.0 Å². The van der Waals surface area contributed by atoms with Crippen LogP contribution < -0.4 is 19.4 Å². The van der Waals surface area contributed by atoms with Crippen LogP contribution in [0.1, 0.15) is 5.56 Å². The van der Waals surface area contributed by atoms with Crippen molar-refractivity contribution in [2.45, 2.75) is 6.04 Å². The highest BCUT2D eigenvalue weighted by atomic mass is 79.9. The maximum absolute atomic E-state index is 13.7. The maximum Gasteiger partial charge on any atom is 0.259 e. The van der Waals surface area contributed by atoms with E-state index in [4.69, 9.17) is 14.6 Å². The normalized spacial score (nSPS) is 21.3. The summed E-state index contributed by atoms with van der Waals surface area (Å²) in [6.07, 6.45) is 0. The third kappa shape index (κ3) is 3.21. The lowest BCUT2D eigenvalue weighted by Crippen LogP contribution is -2.39. The van der Waals surface area contributed by atoms with Crippen molar-refractivity contribution in [1.82, 2.24) is 0 Å². The number of hydrogen-bond acceptors (Lipinski definition) is 6. The average Bonchev–Trinajstić information content (AvgIpc) is 3.36. The number of carbonyl (C=O) groups is 2. The number of rotatable bonds is 3. The molecular formula is C25H18BrN3O4. The fraction of sp³-hybridized carbons (Fsp3) is 0.160. The van der Waals surface area contributed by atoms with Crippen LogP contribution in [-0.4, -0.2) is 36.8 Å². The summed E-state index contributed by atoms with van der Waals surface area (Å²) >= 11 is 3.45. The summed E-state index contributed by atoms with van der Waals surface area (Å²) in [5.74, 6) is -0.208. The molecule has 1 saturated heterocycles. The molecule has 0 aromatic heterocycles. The Labute approximate surface area is 198 Å². The zero-order chi connectivity index (χ0) is 22.5. The Kier molecular flexibility index (Phi) is 4.69. The number of ether oxygens (including phenoxy) is 2. The lowest BCUT2D eigenvalue weighted by Gasteiger charge is -2.23. The van der Waals surface area contributed by atoms with Crippen LogP contribution >= 0.6 is 15.9 Å². The molecule has 33 heavy (non-hydrogen) atoms. The van der Waals surface area contributed by atoms with Gasteiger partial charge in [0.2, 0.25) is 5.91 Å². The molecule has 0 unspecified atom stereocenters. The summed E-state index contributed by atoms with van der Waals surface area (Å²) in [5.41, 5.74) is 2.60. The Hall–Kier alpha value is -3.65. The van der Waals surface area contributed by atoms with E-state index >= 15 is 0 Å². The first-order valence-electron chi connectivity index (χ1n) is 10.6. The van der Waals surface area contributed by atoms with Crippen LogP contribution in [0.2, 0.25) is 0 Å². The highest BCUT2D eigenvalue weighted by Gasteiger charge is 2.57. The summed E-state index contributed by atoms with van der Waals surface area (Å²) < 4.78 is 12.2. The second-order valence-corrected chi connectivity index (χ2v) is 8.85. The molecule has 2 amide bonds. The maximum atomic E-state index is 13.7. The number of amides is 2. The average molecular weight is 504 g/mol. The molecule has 8 heteroatoms. The number of imide groups is 1. The predicted molar refractivity (Wildman–Crippen MR) is 127 cm³/mol. The van der Waals surface area contributed by atoms with Gasteiger partial charge in [0.15, 0.2) is 11.5 Å². The van der Waals surface area contributed by atoms with Crippen molar-refractivity contribution in [3.63, 3.8) is 0 Å². The molecule has 164 valence electrons. The highest BCUT2D eigenvalue weighted by Crippen LogP contribution is 2.41. The minimum absolute atomic E-state index is 0.304. The number of nitrogens with zero attached hydrogens (tertiary/aromatic N) is 3. The summed E-state index contributed by atoms with van der Waals surface area (Å²) in [5, 5.41) is 6.43. The van der Waals surface area contributed by atoms with Gasteiger partial charge in [0, 0.05) is 10.5 Å². The predicted octanol–water partition coefficient (Wildman–Crippen LogP) is 4.00. The molecule has 3 aliphatic rings. The van der Waals surface area contributed by atoms with Crippen molar-refractivity contribution in [2.24, 2.45) is 11.0 Å². The van der Waals surface area contributed by atoms with Crippen LogP contribution in [0, 0.1) is 5.92 Å². The molecular weight excluding hydrogens is 486 g/mol. The van der Waals surface area contributed by atoms with E-state index in [-0.39, 0.29) is 11.8 Å². The van der Waals surface area contributed by atoms with E-state index in [0.29, 0.717) is 36.1 Å². The number of hydrazone groups is 1. The molecule has 7 nitrogen and oxygen atoms in total. The third-order valence-electron chi connectivity index (χ3n) is 5.99. The van der Waals surface area contributed by atoms with E-state index in [1.54, 1.807) is 23.2 Å². The lowest BCUT2D eigenvalue weighted by molar-refractivity contribution is -0.121. The van der Waals surface area contributed by atoms with Crippen LogP contribution in [0.5, 0.6) is 11.5 Å². The molecule has 3 aromatic carbocycles. The summed E-state index contributed by atoms with van der Waals surface area (Å²) in [7, 11) is 0. The van der Waals surface area contributed by atoms with Crippen LogP contribution in [-0.2, 0) is 9.59 Å². The quantitative estimate of drug-likeness (QED) is 0.505. The van der Waals surface area contributed by atoms with Gasteiger partial charge in [0.1, 0.15) is 25.2 Å². The molecule has 0 radical (unpaired) electrons. The van der Waals surface area contributed by atoms with Crippen molar-refractivity contribution in [3.8, 4) is 11.5 Å². The fourth-order valence-corrected chi connectivity index (χ4v) is 4.76. The zero-order valence-corrected chi connectivity index (χ0v) is 18.9. The SMILES string of the molecule is O=C1[C@@H]2C(c3ccc(Br)cc3)=NN(c3ccccc3)[C@H]2C(=O)N1c1ccc2c(c1)OCCO2. The van der Waals surface area contributed by atoms with E-state index in [1.165, 1.54) is 4.90 Å². The molecule has 2 atom stereocenters. The van der Waals surface area contributed by atoms with E-state index in [0.717, 1.165) is 15.7 Å². The molecule has 0 N–H and O–H groups in total. The first-order chi connectivity index (χ1) is 16.1. The van der Waals surface area contributed by atoms with Gasteiger partial charge >= 0.3 is 0 Å². The fourth-order valence-electron chi connectivity index (χ4n) is 4.49. The van der Waals surface area contributed by atoms with Crippen LogP contribution in [0.4, 0.5) is 11.4 Å². The van der Waals surface area contributed by atoms with Crippen LogP contribution in [0.3, 0.4) is 0 Å².